The molecule has 0 bridgehead atoms. The molecule has 0 radical (unpaired) electrons. The fourth-order valence-corrected chi connectivity index (χ4v) is 6.13. The van der Waals surface area contributed by atoms with Gasteiger partial charge in [-0.3, -0.25) is 4.31 Å². The van der Waals surface area contributed by atoms with E-state index in [-0.39, 0.29) is 24.6 Å². The number of anilines is 1. The van der Waals surface area contributed by atoms with Gasteiger partial charge in [0, 0.05) is 21.7 Å². The minimum absolute atomic E-state index is 0. The number of nitrogens with zero attached hydrogens (tertiary/aromatic N) is 1. The van der Waals surface area contributed by atoms with Crippen LogP contribution in [-0.4, -0.2) is 28.2 Å². The van der Waals surface area contributed by atoms with Crippen LogP contribution in [0.3, 0.4) is 0 Å². The second kappa shape index (κ2) is 14.0. The molecule has 6 nitrogen and oxygen atoms in total. The molecule has 1 aliphatic rings. The fraction of sp³-hybridized carbons (Fsp3) is 0.435. The van der Waals surface area contributed by atoms with Crippen LogP contribution in [0.5, 0.6) is 0 Å². The zero-order chi connectivity index (χ0) is 22.9. The van der Waals surface area contributed by atoms with Crippen molar-refractivity contribution >= 4 is 44.5 Å². The van der Waals surface area contributed by atoms with Gasteiger partial charge in [-0.15, -0.1) is 0 Å². The van der Waals surface area contributed by atoms with Crippen molar-refractivity contribution in [2.45, 2.75) is 56.4 Å². The lowest BCUT2D eigenvalue weighted by Gasteiger charge is -2.20. The highest BCUT2D eigenvalue weighted by molar-refractivity contribution is 14.1. The summed E-state index contributed by atoms with van der Waals surface area (Å²) in [5.74, 6) is 0. The van der Waals surface area contributed by atoms with Gasteiger partial charge >= 0.3 is 6.15 Å². The highest BCUT2D eigenvalue weighted by Crippen LogP contribution is 2.38. The first-order valence-corrected chi connectivity index (χ1v) is 13.1. The molecule has 0 amide bonds. The molecule has 176 valence electrons. The molecule has 1 aliphatic heterocycles. The van der Waals surface area contributed by atoms with Crippen molar-refractivity contribution in [2.24, 2.45) is 0 Å². The van der Waals surface area contributed by atoms with Crippen molar-refractivity contribution in [2.75, 3.05) is 17.9 Å². The number of nitrogens with two attached hydrogens (primary N) is 1. The maximum Gasteiger partial charge on any atom is 0.373 e. The Morgan fingerprint density at radius 3 is 2.31 bits per heavy atom. The molecular weight excluding hydrogens is 563 g/mol. The van der Waals surface area contributed by atoms with E-state index >= 15 is 0 Å². The lowest BCUT2D eigenvalue weighted by molar-refractivity contribution is -0.687. The molecule has 32 heavy (non-hydrogen) atoms. The molecule has 0 aromatic heterocycles. The second-order valence-electron chi connectivity index (χ2n) is 7.57. The van der Waals surface area contributed by atoms with Gasteiger partial charge in [-0.05, 0) is 53.6 Å². The molecule has 9 heteroatoms. The normalized spacial score (nSPS) is 15.7. The Balaban J connectivity index is 0.00000121. The van der Waals surface area contributed by atoms with Crippen molar-refractivity contribution < 1.29 is 35.7 Å². The monoisotopic (exact) mass is 592 g/mol. The summed E-state index contributed by atoms with van der Waals surface area (Å²) >= 11 is 2.19. The number of unbranched alkanes of at least 4 members (excludes halogenated alkanes) is 5. The maximum atomic E-state index is 13.3. The number of benzene rings is 2. The van der Waals surface area contributed by atoms with Crippen LogP contribution in [-0.2, 0) is 19.6 Å². The number of para-hydroxylation sites is 1. The fourth-order valence-electron chi connectivity index (χ4n) is 3.93. The molecule has 1 atom stereocenters. The Kier molecular flexibility index (Phi) is 12.5. The van der Waals surface area contributed by atoms with Crippen LogP contribution < -0.4 is 22.0 Å². The van der Waals surface area contributed by atoms with Gasteiger partial charge < -0.3 is 17.7 Å². The van der Waals surface area contributed by atoms with Gasteiger partial charge in [0.15, 0.2) is 0 Å². The van der Waals surface area contributed by atoms with E-state index in [1.54, 1.807) is 13.1 Å². The predicted octanol–water partition coefficient (Wildman–Crippen LogP) is 0.864. The van der Waals surface area contributed by atoms with E-state index in [4.69, 9.17) is 9.59 Å². The molecule has 1 unspecified atom stereocenters. The summed E-state index contributed by atoms with van der Waals surface area (Å²) in [6.07, 6.45) is 7.83. The van der Waals surface area contributed by atoms with Crippen molar-refractivity contribution in [3.63, 3.8) is 0 Å². The lowest BCUT2D eigenvalue weighted by atomic mass is 9.96. The van der Waals surface area contributed by atoms with Gasteiger partial charge in [0.25, 0.3) is 10.0 Å². The molecule has 0 saturated heterocycles. The van der Waals surface area contributed by atoms with Crippen LogP contribution in [0, 0.1) is 3.57 Å². The lowest BCUT2D eigenvalue weighted by Crippen LogP contribution is -3.00. The summed E-state index contributed by atoms with van der Waals surface area (Å²) < 4.78 is 28.9. The zero-order valence-electron chi connectivity index (χ0n) is 18.4. The molecule has 0 saturated carbocycles. The van der Waals surface area contributed by atoms with Gasteiger partial charge in [0.2, 0.25) is 0 Å². The molecule has 2 aromatic carbocycles. The summed E-state index contributed by atoms with van der Waals surface area (Å²) in [5.41, 5.74) is 2.74. The Morgan fingerprint density at radius 1 is 1.00 bits per heavy atom. The van der Waals surface area contributed by atoms with Crippen LogP contribution in [0.25, 0.3) is 0 Å². The average Bonchev–Trinajstić information content (AvgIpc) is 2.82. The summed E-state index contributed by atoms with van der Waals surface area (Å²) in [6, 6.07) is 13.7. The molecule has 0 fully saturated rings. The van der Waals surface area contributed by atoms with E-state index in [9.17, 15) is 8.42 Å². The van der Waals surface area contributed by atoms with Crippen LogP contribution in [0.2, 0.25) is 0 Å². The number of fused-ring (bicyclic) bond motifs is 2. The standard InChI is InChI=1S/C22H29IN2O2S.CO2.ClH/c1-3-4-5-6-7-10-15-24-22-18-11-8-9-12-20(18)25(2)28(26,27)21-16-17(23)13-14-19(21)22;2-1-3;/h8-9,11-14,16,22,24H,3-7,10,15H2,1-2H3;;1H. The molecule has 2 aromatic rings. The number of halogens is 2. The minimum atomic E-state index is -3.56. The average molecular weight is 593 g/mol. The van der Waals surface area contributed by atoms with E-state index in [2.05, 4.69) is 40.9 Å². The molecular formula is C23H30ClIN2O4S. The number of quaternary nitrogens is 1. The Bertz CT molecular complexity index is 1010. The minimum Gasteiger partial charge on any atom is -1.00 e. The largest absolute Gasteiger partial charge is 1.00 e. The van der Waals surface area contributed by atoms with Gasteiger partial charge in [-0.25, -0.2) is 8.42 Å². The third-order valence-electron chi connectivity index (χ3n) is 5.52. The van der Waals surface area contributed by atoms with E-state index in [1.807, 2.05) is 30.3 Å². The molecule has 3 rings (SSSR count). The SMILES string of the molecule is CCCCCCCC[NH2+]C1c2ccccc2N(C)S(=O)(=O)c2cc(I)ccc21.O=C=O.[Cl-]. The van der Waals surface area contributed by atoms with Gasteiger partial charge in [-0.1, -0.05) is 56.9 Å². The van der Waals surface area contributed by atoms with E-state index < -0.39 is 10.0 Å². The topological polar surface area (TPSA) is 88.1 Å². The van der Waals surface area contributed by atoms with Crippen molar-refractivity contribution in [3.05, 3.63) is 57.2 Å². The Morgan fingerprint density at radius 2 is 1.62 bits per heavy atom. The molecule has 1 heterocycles. The first-order valence-electron chi connectivity index (χ1n) is 10.6. The molecule has 2 N–H and O–H groups in total. The Labute approximate surface area is 210 Å². The number of hydrogen-bond donors (Lipinski definition) is 1. The maximum absolute atomic E-state index is 13.3. The van der Waals surface area contributed by atoms with Crippen LogP contribution in [0.4, 0.5) is 5.69 Å². The Hall–Kier alpha value is -1.45. The molecule has 0 spiro atoms. The summed E-state index contributed by atoms with van der Waals surface area (Å²) in [5, 5.41) is 2.32. The summed E-state index contributed by atoms with van der Waals surface area (Å²) in [7, 11) is -1.90. The molecule has 0 aliphatic carbocycles. The number of rotatable bonds is 8. The third kappa shape index (κ3) is 7.02. The van der Waals surface area contributed by atoms with E-state index in [0.717, 1.165) is 33.4 Å². The van der Waals surface area contributed by atoms with Gasteiger partial charge in [0.05, 0.1) is 17.1 Å². The number of hydrogen-bond acceptors (Lipinski definition) is 4. The summed E-state index contributed by atoms with van der Waals surface area (Å²) in [4.78, 5) is 16.7. The smallest absolute Gasteiger partial charge is 0.373 e. The van der Waals surface area contributed by atoms with Crippen molar-refractivity contribution in [1.29, 1.82) is 0 Å². The number of sulfonamides is 1. The van der Waals surface area contributed by atoms with Crippen LogP contribution >= 0.6 is 22.6 Å². The van der Waals surface area contributed by atoms with Gasteiger partial charge in [-0.2, -0.15) is 9.59 Å². The summed E-state index contributed by atoms with van der Waals surface area (Å²) in [6.45, 7) is 3.24. The number of carbonyl (C=O) groups excluding carboxylic acids is 2. The highest BCUT2D eigenvalue weighted by Gasteiger charge is 2.36. The first kappa shape index (κ1) is 28.6. The first-order chi connectivity index (χ1) is 14.9. The van der Waals surface area contributed by atoms with Crippen molar-refractivity contribution in [3.8, 4) is 0 Å². The van der Waals surface area contributed by atoms with Crippen LogP contribution in [0.1, 0.15) is 62.6 Å². The zero-order valence-corrected chi connectivity index (χ0v) is 22.1. The van der Waals surface area contributed by atoms with Crippen molar-refractivity contribution in [1.82, 2.24) is 0 Å². The predicted molar refractivity (Wildman–Crippen MR) is 128 cm³/mol. The quantitative estimate of drug-likeness (QED) is 0.364. The van der Waals surface area contributed by atoms with Crippen LogP contribution in [0.15, 0.2) is 47.4 Å². The van der Waals surface area contributed by atoms with E-state index in [1.165, 1.54) is 36.4 Å². The highest BCUT2D eigenvalue weighted by atomic mass is 127. The second-order valence-corrected chi connectivity index (χ2v) is 10.7. The van der Waals surface area contributed by atoms with E-state index in [0.29, 0.717) is 4.90 Å². The third-order valence-corrected chi connectivity index (χ3v) is 8.02. The van der Waals surface area contributed by atoms with Gasteiger partial charge in [0.1, 0.15) is 6.04 Å².